The third-order valence-electron chi connectivity index (χ3n) is 21.8. The van der Waals surface area contributed by atoms with E-state index in [2.05, 4.69) is 81.3 Å². The fraction of sp³-hybridized carbons (Fsp3) is 0.214. The fourth-order valence-corrected chi connectivity index (χ4v) is 14.9. The molecule has 0 aliphatic carbocycles. The van der Waals surface area contributed by atoms with Crippen molar-refractivity contribution in [3.05, 3.63) is 292 Å². The van der Waals surface area contributed by atoms with Crippen LogP contribution in [0.2, 0.25) is 0 Å². The van der Waals surface area contributed by atoms with Gasteiger partial charge in [-0.3, -0.25) is 69.1 Å². The molecule has 0 unspecified atom stereocenters. The van der Waals surface area contributed by atoms with E-state index >= 15 is 0 Å². The van der Waals surface area contributed by atoms with E-state index in [0.717, 1.165) is 61.5 Å². The summed E-state index contributed by atoms with van der Waals surface area (Å²) in [5.74, 6) is -1.74. The first-order chi connectivity index (χ1) is 66.1. The molecule has 6 aromatic carbocycles. The number of halogens is 6. The van der Waals surface area contributed by atoms with Crippen LogP contribution in [0.1, 0.15) is 116 Å². The first-order valence-electron chi connectivity index (χ1n) is 42.6. The number of hydrogen-bond donors (Lipinski definition) is 6. The Morgan fingerprint density at radius 1 is 0.460 bits per heavy atom. The normalized spacial score (nSPS) is 11.6. The Labute approximate surface area is 778 Å². The van der Waals surface area contributed by atoms with Crippen LogP contribution in [-0.2, 0) is 37.1 Å². The average Bonchev–Trinajstić information content (AvgIpc) is 1.65. The molecule has 137 heavy (non-hydrogen) atoms. The van der Waals surface area contributed by atoms with Crippen molar-refractivity contribution < 1.29 is 83.5 Å². The van der Waals surface area contributed by atoms with Gasteiger partial charge in [0.15, 0.2) is 5.69 Å². The molecule has 39 heteroatoms. The number of benzene rings is 6. The second-order valence-corrected chi connectivity index (χ2v) is 31.0. The van der Waals surface area contributed by atoms with Gasteiger partial charge in [0.25, 0.3) is 35.4 Å². The fourth-order valence-electron chi connectivity index (χ4n) is 14.9. The standard InChI is InChI=1S/C26H23FN6O3.C26H26FN5O4.C23H20F3N5O2.C23H20FN5O3/c1-4-36-23-10-16(5-7-18(23)15-6-8-21(27)19(9-15)25(34)29-2)26(35)33(3)14-17-12-30-22(11-28)20-13-31-32-24(17)20;1-5-36-22-11-16(6-8-18(22)15-7-9-21(27)19(10-15)24(33)28-2)26(34)32(3)14-17-12-29-25(35-4)20-13-30-31-23(17)20;1-3-33-19-8-15(11-28-21(19)14-5-4-6-18(7-14)23(24,25)26)22(32)31(2)13-17-10-27-9-16-12-29-30-20(16)17;1-29(11-17-8-25-7-16-10-27-28-21(16)17)23(30)15-6-20(32-19-12-31-13-19)22(26-9-15)14-3-2-4-18(24)5-14/h5-10,12-13H,4,14H2,1-3H3,(H,29,34)(H,31,32);6-13H,5,14H2,1-4H3,(H,28,33)(H,30,31);4-12H,3,13H2,1-2H3,(H,29,30);2-10,19H,11-13H2,1H3,(H,27,28). The maximum Gasteiger partial charge on any atom is 0.416 e. The van der Waals surface area contributed by atoms with Gasteiger partial charge in [-0.25, -0.2) is 23.1 Å². The van der Waals surface area contributed by atoms with Crippen LogP contribution < -0.4 is 34.3 Å². The van der Waals surface area contributed by atoms with Crippen LogP contribution in [0.5, 0.6) is 28.9 Å². The highest BCUT2D eigenvalue weighted by Crippen LogP contribution is 2.40. The number of H-pyrrole nitrogens is 4. The smallest absolute Gasteiger partial charge is 0.416 e. The molecule has 0 atom stereocenters. The summed E-state index contributed by atoms with van der Waals surface area (Å²) in [5, 5.41) is 44.9. The molecule has 1 fully saturated rings. The van der Waals surface area contributed by atoms with E-state index in [4.69, 9.17) is 28.4 Å². The van der Waals surface area contributed by atoms with Gasteiger partial charge in [0.1, 0.15) is 64.0 Å². The van der Waals surface area contributed by atoms with Gasteiger partial charge in [0.05, 0.1) is 126 Å². The SMILES string of the molecule is CCOc1cc(C(=O)N(C)Cc2cnc(C#N)c3cn[nH]c23)ccc1-c1ccc(F)c(C(=O)NC)c1.CCOc1cc(C(=O)N(C)Cc2cnc(OC)c3cn[nH]c23)ccc1-c1ccc(F)c(C(=O)NC)c1.CCOc1cc(C(=O)N(C)Cc2cncc3cn[nH]c23)cnc1-c1cccc(C(F)(F)F)c1.CN(Cc1cncc2cn[nH]c12)C(=O)c1cnc(-c2cccc(F)c2)c(OC2COC2)c1. The number of nitriles is 1. The Morgan fingerprint density at radius 3 is 1.36 bits per heavy atom. The highest BCUT2D eigenvalue weighted by molar-refractivity contribution is 6.01. The first kappa shape index (κ1) is 96.0. The Kier molecular flexibility index (Phi) is 30.2. The predicted molar refractivity (Wildman–Crippen MR) is 494 cm³/mol. The van der Waals surface area contributed by atoms with Crippen molar-refractivity contribution in [3.8, 4) is 79.7 Å². The molecule has 1 saturated heterocycles. The number of rotatable bonds is 27. The van der Waals surface area contributed by atoms with Crippen molar-refractivity contribution in [2.45, 2.75) is 59.2 Å². The first-order valence-corrected chi connectivity index (χ1v) is 42.6. The molecule has 17 rings (SSSR count). The number of carbonyl (C=O) groups excluding carboxylic acids is 6. The second kappa shape index (κ2) is 43.1. The predicted octanol–water partition coefficient (Wildman–Crippen LogP) is 15.4. The van der Waals surface area contributed by atoms with Crippen LogP contribution in [0.4, 0.5) is 26.3 Å². The molecule has 16 aromatic rings. The number of aromatic nitrogens is 14. The molecule has 1 aliphatic rings. The summed E-state index contributed by atoms with van der Waals surface area (Å²) in [7, 11) is 11.1. The lowest BCUT2D eigenvalue weighted by molar-refractivity contribution is -0.137. The summed E-state index contributed by atoms with van der Waals surface area (Å²) in [6.07, 6.45) is 14.7. The quantitative estimate of drug-likeness (QED) is 0.0260. The van der Waals surface area contributed by atoms with Crippen LogP contribution in [0.3, 0.4) is 0 Å². The van der Waals surface area contributed by atoms with E-state index in [1.807, 2.05) is 19.9 Å². The van der Waals surface area contributed by atoms with Gasteiger partial charge in [-0.2, -0.15) is 38.8 Å². The zero-order chi connectivity index (χ0) is 97.3. The third-order valence-corrected chi connectivity index (χ3v) is 21.8. The number of methoxy groups -OCH3 is 1. The number of alkyl halides is 3. The van der Waals surface area contributed by atoms with Crippen LogP contribution in [0.15, 0.2) is 208 Å². The van der Waals surface area contributed by atoms with Gasteiger partial charge in [-0.15, -0.1) is 0 Å². The lowest BCUT2D eigenvalue weighted by Gasteiger charge is -2.28. The molecule has 1 aliphatic heterocycles. The maximum absolute atomic E-state index is 14.2. The molecule has 6 amide bonds. The molecule has 0 saturated carbocycles. The minimum atomic E-state index is -4.48. The van der Waals surface area contributed by atoms with Crippen molar-refractivity contribution in [2.24, 2.45) is 0 Å². The van der Waals surface area contributed by atoms with Crippen molar-refractivity contribution in [3.63, 3.8) is 0 Å². The van der Waals surface area contributed by atoms with Gasteiger partial charge in [-0.1, -0.05) is 36.4 Å². The Hall–Kier alpha value is -17.1. The highest BCUT2D eigenvalue weighted by atomic mass is 19.4. The number of nitrogens with zero attached hydrogens (tertiary/aromatic N) is 15. The number of ether oxygens (including phenoxy) is 6. The lowest BCUT2D eigenvalue weighted by atomic mass is 9.99. The molecule has 0 spiro atoms. The van der Waals surface area contributed by atoms with Gasteiger partial charge in [-0.05, 0) is 129 Å². The second-order valence-electron chi connectivity index (χ2n) is 31.0. The van der Waals surface area contributed by atoms with E-state index in [1.54, 1.807) is 167 Å². The summed E-state index contributed by atoms with van der Waals surface area (Å²) in [4.78, 5) is 109. The van der Waals surface area contributed by atoms with Crippen molar-refractivity contribution in [2.75, 3.05) is 82.4 Å². The molecular weight excluding hydrogens is 1780 g/mol. The number of pyridine rings is 6. The minimum Gasteiger partial charge on any atom is -0.493 e. The number of hydrogen-bond acceptors (Lipinski definition) is 23. The van der Waals surface area contributed by atoms with Gasteiger partial charge >= 0.3 is 6.18 Å². The van der Waals surface area contributed by atoms with Gasteiger partial charge in [0.2, 0.25) is 5.88 Å². The molecule has 0 bridgehead atoms. The number of aromatic amines is 4. The number of fused-ring (bicyclic) bond motifs is 4. The average molecular weight is 1870 g/mol. The van der Waals surface area contributed by atoms with E-state index in [9.17, 15) is 60.4 Å². The zero-order valence-electron chi connectivity index (χ0n) is 75.4. The summed E-state index contributed by atoms with van der Waals surface area (Å²) in [6, 6.07) is 34.7. The van der Waals surface area contributed by atoms with Crippen molar-refractivity contribution in [1.82, 2.24) is 101 Å². The third kappa shape index (κ3) is 22.0. The zero-order valence-corrected chi connectivity index (χ0v) is 75.4. The van der Waals surface area contributed by atoms with Gasteiger partial charge in [0, 0.05) is 184 Å². The lowest BCUT2D eigenvalue weighted by Crippen LogP contribution is -2.38. The number of nitrogens with one attached hydrogen (secondary N) is 6. The van der Waals surface area contributed by atoms with E-state index in [0.29, 0.717) is 123 Å². The summed E-state index contributed by atoms with van der Waals surface area (Å²) in [6.45, 7) is 8.40. The number of amides is 6. The van der Waals surface area contributed by atoms with Crippen LogP contribution >= 0.6 is 0 Å². The summed E-state index contributed by atoms with van der Waals surface area (Å²) in [5.41, 5.74) is 10.9. The molecule has 700 valence electrons. The van der Waals surface area contributed by atoms with E-state index in [-0.39, 0.29) is 101 Å². The minimum absolute atomic E-state index is 0.0736. The largest absolute Gasteiger partial charge is 0.493 e. The van der Waals surface area contributed by atoms with E-state index < -0.39 is 35.2 Å². The van der Waals surface area contributed by atoms with E-state index in [1.165, 1.54) is 104 Å². The van der Waals surface area contributed by atoms with Gasteiger partial charge < -0.3 is 58.7 Å². The summed E-state index contributed by atoms with van der Waals surface area (Å²) >= 11 is 0. The number of carbonyl (C=O) groups is 6. The molecule has 10 aromatic heterocycles. The molecule has 0 radical (unpaired) electrons. The Bertz CT molecular complexity index is 7220. The summed E-state index contributed by atoms with van der Waals surface area (Å²) < 4.78 is 115. The van der Waals surface area contributed by atoms with Crippen LogP contribution in [0.25, 0.3) is 88.4 Å². The molecule has 33 nitrogen and oxygen atoms in total. The van der Waals surface area contributed by atoms with Crippen LogP contribution in [0, 0.1) is 28.8 Å². The van der Waals surface area contributed by atoms with Crippen molar-refractivity contribution in [1.29, 1.82) is 5.26 Å². The molecule has 6 N–H and O–H groups in total. The Morgan fingerprint density at radius 2 is 0.891 bits per heavy atom. The molecule has 11 heterocycles. The topological polar surface area (TPSA) is 411 Å². The van der Waals surface area contributed by atoms with Crippen LogP contribution in [-0.4, -0.2) is 214 Å². The molecular formula is C98H89F6N21O12. The Balaban J connectivity index is 0.000000146. The monoisotopic (exact) mass is 1870 g/mol. The van der Waals surface area contributed by atoms with Crippen molar-refractivity contribution >= 4 is 79.1 Å². The maximum atomic E-state index is 14.2. The highest BCUT2D eigenvalue weighted by Gasteiger charge is 2.32.